The molecule has 110 valence electrons. The maximum atomic E-state index is 8.80. The smallest absolute Gasteiger partial charge is 0.144 e. The van der Waals surface area contributed by atoms with Gasteiger partial charge in [0, 0.05) is 11.8 Å². The zero-order chi connectivity index (χ0) is 15.4. The molecule has 6 N–H and O–H groups in total. The van der Waals surface area contributed by atoms with Gasteiger partial charge in [0.05, 0.1) is 29.4 Å². The molecule has 0 amide bonds. The number of nitrogen functional groups attached to an aromatic ring is 1. The van der Waals surface area contributed by atoms with Crippen LogP contribution in [0.2, 0.25) is 0 Å². The maximum absolute atomic E-state index is 8.80. The monoisotopic (exact) mass is 286 g/mol. The van der Waals surface area contributed by atoms with Crippen molar-refractivity contribution in [3.05, 3.63) is 47.4 Å². The highest BCUT2D eigenvalue weighted by Crippen LogP contribution is 2.21. The van der Waals surface area contributed by atoms with E-state index >= 15 is 0 Å². The second-order valence-electron chi connectivity index (χ2n) is 4.63. The number of benzene rings is 1. The van der Waals surface area contributed by atoms with Gasteiger partial charge in [-0.3, -0.25) is 5.41 Å². The van der Waals surface area contributed by atoms with Crippen LogP contribution in [0.4, 0.5) is 11.4 Å². The van der Waals surface area contributed by atoms with Crippen LogP contribution < -0.4 is 11.5 Å². The van der Waals surface area contributed by atoms with Crippen molar-refractivity contribution in [2.45, 2.75) is 6.92 Å². The summed E-state index contributed by atoms with van der Waals surface area (Å²) in [5.74, 6) is 0.408. The molecule has 0 aliphatic heterocycles. The Bertz CT molecular complexity index is 660. The van der Waals surface area contributed by atoms with Crippen LogP contribution in [0.5, 0.6) is 0 Å². The van der Waals surface area contributed by atoms with E-state index in [0.29, 0.717) is 28.5 Å². The van der Waals surface area contributed by atoms with E-state index in [1.54, 1.807) is 18.2 Å². The third kappa shape index (κ3) is 3.49. The second kappa shape index (κ2) is 6.23. The van der Waals surface area contributed by atoms with Crippen LogP contribution in [0, 0.1) is 12.3 Å². The number of aliphatic hydroxyl groups excluding tert-OH is 1. The van der Waals surface area contributed by atoms with E-state index in [1.165, 1.54) is 6.08 Å². The molecule has 0 radical (unpaired) electrons. The van der Waals surface area contributed by atoms with Gasteiger partial charge in [0.2, 0.25) is 0 Å². The van der Waals surface area contributed by atoms with Crippen LogP contribution in [-0.4, -0.2) is 29.7 Å². The van der Waals surface area contributed by atoms with Crippen molar-refractivity contribution in [1.29, 1.82) is 5.41 Å². The van der Waals surface area contributed by atoms with Gasteiger partial charge in [-0.25, -0.2) is 4.99 Å². The molecule has 0 heterocycles. The van der Waals surface area contributed by atoms with Gasteiger partial charge in [-0.15, -0.1) is 0 Å². The van der Waals surface area contributed by atoms with Gasteiger partial charge in [-0.2, -0.15) is 0 Å². The molecule has 1 aromatic rings. The van der Waals surface area contributed by atoms with Crippen LogP contribution >= 0.6 is 0 Å². The van der Waals surface area contributed by atoms with Crippen LogP contribution in [0.3, 0.4) is 0 Å². The van der Waals surface area contributed by atoms with E-state index in [-0.39, 0.29) is 18.9 Å². The Labute approximate surface area is 122 Å². The van der Waals surface area contributed by atoms with Crippen LogP contribution in [0.25, 0.3) is 0 Å². The number of aryl methyl sites for hydroxylation is 1. The van der Waals surface area contributed by atoms with Crippen molar-refractivity contribution in [3.63, 3.8) is 0 Å². The number of nitrogens with two attached hydrogens (primary N) is 2. The van der Waals surface area contributed by atoms with Crippen LogP contribution in [0.15, 0.2) is 46.8 Å². The summed E-state index contributed by atoms with van der Waals surface area (Å²) in [6.07, 6.45) is 3.08. The van der Waals surface area contributed by atoms with Gasteiger partial charge in [-0.05, 0) is 36.8 Å². The van der Waals surface area contributed by atoms with Crippen molar-refractivity contribution in [3.8, 4) is 0 Å². The summed E-state index contributed by atoms with van der Waals surface area (Å²) in [4.78, 5) is 4.41. The lowest BCUT2D eigenvalue weighted by molar-refractivity contribution is 0.149. The molecule has 1 aromatic carbocycles. The third-order valence-corrected chi connectivity index (χ3v) is 2.98. The molecule has 0 fully saturated rings. The number of hydrogen-bond donors (Lipinski definition) is 4. The molecule has 6 heteroatoms. The van der Waals surface area contributed by atoms with Gasteiger partial charge in [0.25, 0.3) is 0 Å². The number of allylic oxidation sites excluding steroid dienone is 2. The Morgan fingerprint density at radius 3 is 2.71 bits per heavy atom. The Hall–Kier alpha value is -2.60. The van der Waals surface area contributed by atoms with E-state index in [0.717, 1.165) is 5.56 Å². The summed E-state index contributed by atoms with van der Waals surface area (Å²) in [6, 6.07) is 5.41. The zero-order valence-corrected chi connectivity index (χ0v) is 11.8. The fourth-order valence-electron chi connectivity index (χ4n) is 1.83. The third-order valence-electron chi connectivity index (χ3n) is 2.98. The molecular weight excluding hydrogens is 268 g/mol. The molecule has 21 heavy (non-hydrogen) atoms. The lowest BCUT2D eigenvalue weighted by atomic mass is 10.1. The summed E-state index contributed by atoms with van der Waals surface area (Å²) < 4.78 is 5.32. The first-order valence-corrected chi connectivity index (χ1v) is 6.48. The van der Waals surface area contributed by atoms with E-state index in [1.807, 2.05) is 13.0 Å². The molecule has 0 bridgehead atoms. The van der Waals surface area contributed by atoms with Gasteiger partial charge in [-0.1, -0.05) is 0 Å². The number of aliphatic imine (C=N–C) groups is 1. The fraction of sp³-hybridized carbons (Fsp3) is 0.200. The summed E-state index contributed by atoms with van der Waals surface area (Å²) >= 11 is 0. The lowest BCUT2D eigenvalue weighted by Gasteiger charge is -2.15. The normalized spacial score (nSPS) is 16.7. The molecule has 1 aliphatic rings. The Morgan fingerprint density at radius 2 is 2.05 bits per heavy atom. The zero-order valence-electron chi connectivity index (χ0n) is 11.8. The first-order chi connectivity index (χ1) is 10.0. The number of ether oxygens (including phenoxy) is 1. The Balaban J connectivity index is 2.32. The highest BCUT2D eigenvalue weighted by Gasteiger charge is 2.15. The van der Waals surface area contributed by atoms with Gasteiger partial charge >= 0.3 is 0 Å². The number of anilines is 1. The SMILES string of the molecule is Cc1cc(N=C2C=C(OCCO)C(N)=CC2=N)ccc1N. The molecular formula is C15H18N4O2. The predicted octanol–water partition coefficient (Wildman–Crippen LogP) is 1.42. The molecule has 0 saturated carbocycles. The summed E-state index contributed by atoms with van der Waals surface area (Å²) in [7, 11) is 0. The first-order valence-electron chi connectivity index (χ1n) is 6.48. The van der Waals surface area contributed by atoms with Crippen molar-refractivity contribution in [1.82, 2.24) is 0 Å². The average Bonchev–Trinajstić information content (AvgIpc) is 2.44. The van der Waals surface area contributed by atoms with Crippen LogP contribution in [0.1, 0.15) is 5.56 Å². The minimum Gasteiger partial charge on any atom is -0.489 e. The second-order valence-corrected chi connectivity index (χ2v) is 4.63. The highest BCUT2D eigenvalue weighted by molar-refractivity contribution is 6.50. The summed E-state index contributed by atoms with van der Waals surface area (Å²) in [5, 5.41) is 16.7. The Kier molecular flexibility index (Phi) is 4.39. The van der Waals surface area contributed by atoms with Crippen LogP contribution in [-0.2, 0) is 4.74 Å². The van der Waals surface area contributed by atoms with Crippen molar-refractivity contribution >= 4 is 22.8 Å². The minimum absolute atomic E-state index is 0.105. The number of nitrogens with zero attached hydrogens (tertiary/aromatic N) is 1. The number of rotatable bonds is 4. The molecule has 0 atom stereocenters. The molecule has 2 rings (SSSR count). The Morgan fingerprint density at radius 1 is 1.29 bits per heavy atom. The molecule has 0 unspecified atom stereocenters. The van der Waals surface area contributed by atoms with Gasteiger partial charge in [0.15, 0.2) is 0 Å². The first kappa shape index (κ1) is 14.8. The summed E-state index contributed by atoms with van der Waals surface area (Å²) in [5.41, 5.74) is 14.9. The molecule has 1 aliphatic carbocycles. The number of aliphatic hydroxyl groups is 1. The quantitative estimate of drug-likeness (QED) is 0.494. The average molecular weight is 286 g/mol. The van der Waals surface area contributed by atoms with E-state index < -0.39 is 0 Å². The molecule has 0 saturated heterocycles. The van der Waals surface area contributed by atoms with E-state index in [2.05, 4.69) is 4.99 Å². The fourth-order valence-corrected chi connectivity index (χ4v) is 1.83. The standard InChI is InChI=1S/C15H18N4O2/c1-9-6-10(2-3-11(9)16)19-14-8-15(21-5-4-20)13(18)7-12(14)17/h2-3,6-8,17,20H,4-5,16,18H2,1H3. The van der Waals surface area contributed by atoms with Crippen molar-refractivity contribution in [2.24, 2.45) is 10.7 Å². The van der Waals surface area contributed by atoms with Gasteiger partial charge in [0.1, 0.15) is 12.4 Å². The maximum Gasteiger partial charge on any atom is 0.144 e. The predicted molar refractivity (Wildman–Crippen MR) is 83.8 cm³/mol. The highest BCUT2D eigenvalue weighted by atomic mass is 16.5. The number of hydrogen-bond acceptors (Lipinski definition) is 6. The number of nitrogens with one attached hydrogen (secondary N) is 1. The van der Waals surface area contributed by atoms with E-state index in [4.69, 9.17) is 26.7 Å². The van der Waals surface area contributed by atoms with E-state index in [9.17, 15) is 0 Å². The van der Waals surface area contributed by atoms with Crippen molar-refractivity contribution in [2.75, 3.05) is 18.9 Å². The van der Waals surface area contributed by atoms with Crippen molar-refractivity contribution < 1.29 is 9.84 Å². The molecule has 6 nitrogen and oxygen atoms in total. The van der Waals surface area contributed by atoms with Gasteiger partial charge < -0.3 is 21.3 Å². The largest absolute Gasteiger partial charge is 0.489 e. The molecule has 0 aromatic heterocycles. The summed E-state index contributed by atoms with van der Waals surface area (Å²) in [6.45, 7) is 1.93. The topological polar surface area (TPSA) is 118 Å². The molecule has 0 spiro atoms. The lowest BCUT2D eigenvalue weighted by Crippen LogP contribution is -2.20. The minimum atomic E-state index is -0.105.